The fourth-order valence-corrected chi connectivity index (χ4v) is 3.70. The highest BCUT2D eigenvalue weighted by Crippen LogP contribution is 2.32. The fourth-order valence-electron chi connectivity index (χ4n) is 3.58. The van der Waals surface area contributed by atoms with E-state index in [-0.39, 0.29) is 5.91 Å². The van der Waals surface area contributed by atoms with Crippen LogP contribution in [-0.4, -0.2) is 19.0 Å². The third-order valence-electron chi connectivity index (χ3n) is 5.11. The van der Waals surface area contributed by atoms with Crippen LogP contribution in [0.3, 0.4) is 0 Å². The Morgan fingerprint density at radius 3 is 2.52 bits per heavy atom. The van der Waals surface area contributed by atoms with Crippen LogP contribution in [0.2, 0.25) is 5.02 Å². The Hall–Kier alpha value is -3.97. The van der Waals surface area contributed by atoms with Crippen LogP contribution in [0.5, 0.6) is 17.2 Å². The number of nitrogens with one attached hydrogen (secondary N) is 3. The molecule has 7 nitrogen and oxygen atoms in total. The Balaban J connectivity index is 1.63. The summed E-state index contributed by atoms with van der Waals surface area (Å²) in [5.41, 5.74) is 2.06. The van der Waals surface area contributed by atoms with Crippen molar-refractivity contribution in [1.29, 1.82) is 0 Å². The van der Waals surface area contributed by atoms with Gasteiger partial charge in [-0.05, 0) is 61.0 Å². The molecular formula is C25H22ClN3O4. The molecule has 0 bridgehead atoms. The Morgan fingerprint density at radius 1 is 1.00 bits per heavy atom. The van der Waals surface area contributed by atoms with Gasteiger partial charge in [0.15, 0.2) is 0 Å². The highest BCUT2D eigenvalue weighted by atomic mass is 35.5. The van der Waals surface area contributed by atoms with E-state index in [0.717, 1.165) is 0 Å². The number of urea groups is 1. The summed E-state index contributed by atoms with van der Waals surface area (Å²) in [5, 5.41) is 9.00. The molecule has 1 atom stereocenters. The maximum atomic E-state index is 13.3. The molecule has 3 aromatic carbocycles. The number of hydrogen-bond acceptors (Lipinski definition) is 4. The number of halogens is 1. The van der Waals surface area contributed by atoms with E-state index < -0.39 is 12.1 Å². The molecule has 8 heteroatoms. The lowest BCUT2D eigenvalue weighted by atomic mass is 9.94. The van der Waals surface area contributed by atoms with Crippen LogP contribution >= 0.6 is 11.6 Å². The van der Waals surface area contributed by atoms with Gasteiger partial charge in [-0.2, -0.15) is 0 Å². The third-order valence-corrected chi connectivity index (χ3v) is 5.36. The summed E-state index contributed by atoms with van der Waals surface area (Å²) < 4.78 is 11.2. The standard InChI is InChI=1S/C25H22ClN3O4/c1-15-22(24(30)28-20-8-3-4-9-21(20)32-2)23(29-25(31)27-15)16-6-5-7-19(14-16)33-18-12-10-17(26)11-13-18/h3-14,23H,1-2H3,(H,28,30)(H2,27,29,31). The van der Waals surface area contributed by atoms with E-state index >= 15 is 0 Å². The highest BCUT2D eigenvalue weighted by Gasteiger charge is 2.31. The molecule has 1 aliphatic rings. The van der Waals surface area contributed by atoms with E-state index in [4.69, 9.17) is 21.1 Å². The van der Waals surface area contributed by atoms with Gasteiger partial charge >= 0.3 is 6.03 Å². The lowest BCUT2D eigenvalue weighted by Crippen LogP contribution is -2.46. The minimum atomic E-state index is -0.678. The maximum Gasteiger partial charge on any atom is 0.319 e. The second-order valence-electron chi connectivity index (χ2n) is 7.35. The van der Waals surface area contributed by atoms with Crippen molar-refractivity contribution in [3.8, 4) is 17.2 Å². The largest absolute Gasteiger partial charge is 0.495 e. The maximum absolute atomic E-state index is 13.3. The summed E-state index contributed by atoms with van der Waals surface area (Å²) in [6, 6.07) is 20.3. The number of benzene rings is 3. The first-order valence-electron chi connectivity index (χ1n) is 10.2. The van der Waals surface area contributed by atoms with Gasteiger partial charge in [0, 0.05) is 10.7 Å². The minimum absolute atomic E-state index is 0.362. The molecule has 0 fully saturated rings. The number of allylic oxidation sites excluding steroid dienone is 1. The molecule has 168 valence electrons. The monoisotopic (exact) mass is 463 g/mol. The van der Waals surface area contributed by atoms with Crippen LogP contribution in [0, 0.1) is 0 Å². The molecule has 0 radical (unpaired) electrons. The van der Waals surface area contributed by atoms with Crippen LogP contribution in [0.4, 0.5) is 10.5 Å². The Kier molecular flexibility index (Phi) is 6.51. The van der Waals surface area contributed by atoms with Crippen molar-refractivity contribution in [3.63, 3.8) is 0 Å². The molecular weight excluding hydrogens is 442 g/mol. The summed E-state index contributed by atoms with van der Waals surface area (Å²) in [5.74, 6) is 1.35. The Morgan fingerprint density at radius 2 is 1.76 bits per heavy atom. The third kappa shape index (κ3) is 5.10. The van der Waals surface area contributed by atoms with E-state index in [1.54, 1.807) is 67.6 Å². The molecule has 33 heavy (non-hydrogen) atoms. The number of rotatable bonds is 6. The van der Waals surface area contributed by atoms with Crippen LogP contribution < -0.4 is 25.4 Å². The number of carbonyl (C=O) groups is 2. The van der Waals surface area contributed by atoms with Crippen molar-refractivity contribution in [2.75, 3.05) is 12.4 Å². The zero-order chi connectivity index (χ0) is 23.4. The molecule has 4 rings (SSSR count). The molecule has 3 aromatic rings. The van der Waals surface area contributed by atoms with Gasteiger partial charge in [-0.25, -0.2) is 4.79 Å². The molecule has 1 unspecified atom stereocenters. The fraction of sp³-hybridized carbons (Fsp3) is 0.120. The van der Waals surface area contributed by atoms with Crippen LogP contribution in [0.15, 0.2) is 84.1 Å². The van der Waals surface area contributed by atoms with Gasteiger partial charge in [0.2, 0.25) is 0 Å². The predicted octanol–water partition coefficient (Wildman–Crippen LogP) is 5.41. The molecule has 1 aliphatic heterocycles. The lowest BCUT2D eigenvalue weighted by molar-refractivity contribution is -0.113. The lowest BCUT2D eigenvalue weighted by Gasteiger charge is -2.29. The average Bonchev–Trinajstić information content (AvgIpc) is 2.80. The number of methoxy groups -OCH3 is 1. The van der Waals surface area contributed by atoms with Crippen molar-refractivity contribution in [2.45, 2.75) is 13.0 Å². The quantitative estimate of drug-likeness (QED) is 0.456. The van der Waals surface area contributed by atoms with E-state index in [0.29, 0.717) is 44.8 Å². The number of ether oxygens (including phenoxy) is 2. The Bertz CT molecular complexity index is 1220. The first-order chi connectivity index (χ1) is 15.9. The average molecular weight is 464 g/mol. The van der Waals surface area contributed by atoms with Gasteiger partial charge in [-0.3, -0.25) is 4.79 Å². The molecule has 3 amide bonds. The van der Waals surface area contributed by atoms with Gasteiger partial charge in [-0.15, -0.1) is 0 Å². The zero-order valence-electron chi connectivity index (χ0n) is 18.0. The van der Waals surface area contributed by atoms with Crippen molar-refractivity contribution < 1.29 is 19.1 Å². The summed E-state index contributed by atoms with van der Waals surface area (Å²) in [6.45, 7) is 1.69. The summed E-state index contributed by atoms with van der Waals surface area (Å²) in [7, 11) is 1.53. The summed E-state index contributed by atoms with van der Waals surface area (Å²) in [4.78, 5) is 25.5. The number of para-hydroxylation sites is 2. The second kappa shape index (κ2) is 9.67. The minimum Gasteiger partial charge on any atom is -0.495 e. The number of carbonyl (C=O) groups excluding carboxylic acids is 2. The summed E-state index contributed by atoms with van der Waals surface area (Å²) >= 11 is 5.94. The Labute approximate surface area is 196 Å². The van der Waals surface area contributed by atoms with E-state index in [9.17, 15) is 9.59 Å². The molecule has 3 N–H and O–H groups in total. The van der Waals surface area contributed by atoms with Crippen molar-refractivity contribution >= 4 is 29.2 Å². The van der Waals surface area contributed by atoms with Gasteiger partial charge in [-0.1, -0.05) is 35.9 Å². The zero-order valence-corrected chi connectivity index (χ0v) is 18.8. The summed E-state index contributed by atoms with van der Waals surface area (Å²) in [6.07, 6.45) is 0. The molecule has 0 saturated carbocycles. The number of amides is 3. The molecule has 0 aromatic heterocycles. The normalized spacial score (nSPS) is 15.4. The topological polar surface area (TPSA) is 88.7 Å². The van der Waals surface area contributed by atoms with Crippen LogP contribution in [0.1, 0.15) is 18.5 Å². The number of anilines is 1. The highest BCUT2D eigenvalue weighted by molar-refractivity contribution is 6.30. The molecule has 0 aliphatic carbocycles. The molecule has 1 heterocycles. The van der Waals surface area contributed by atoms with E-state index in [2.05, 4.69) is 16.0 Å². The van der Waals surface area contributed by atoms with Gasteiger partial charge in [0.1, 0.15) is 17.2 Å². The predicted molar refractivity (Wildman–Crippen MR) is 127 cm³/mol. The van der Waals surface area contributed by atoms with Crippen LogP contribution in [0.25, 0.3) is 0 Å². The van der Waals surface area contributed by atoms with Crippen LogP contribution in [-0.2, 0) is 4.79 Å². The first kappa shape index (κ1) is 22.2. The van der Waals surface area contributed by atoms with Crippen molar-refractivity contribution in [3.05, 3.63) is 94.7 Å². The van der Waals surface area contributed by atoms with Gasteiger partial charge in [0.05, 0.1) is 24.4 Å². The smallest absolute Gasteiger partial charge is 0.319 e. The number of hydrogen-bond donors (Lipinski definition) is 3. The SMILES string of the molecule is COc1ccccc1NC(=O)C1=C(C)NC(=O)NC1c1cccc(Oc2ccc(Cl)cc2)c1. The van der Waals surface area contributed by atoms with Gasteiger partial charge < -0.3 is 25.4 Å². The van der Waals surface area contributed by atoms with E-state index in [1.807, 2.05) is 12.1 Å². The molecule has 0 spiro atoms. The van der Waals surface area contributed by atoms with Gasteiger partial charge in [0.25, 0.3) is 5.91 Å². The second-order valence-corrected chi connectivity index (χ2v) is 7.79. The first-order valence-corrected chi connectivity index (χ1v) is 10.6. The molecule has 0 saturated heterocycles. The van der Waals surface area contributed by atoms with Crippen molar-refractivity contribution in [2.24, 2.45) is 0 Å². The van der Waals surface area contributed by atoms with Crippen molar-refractivity contribution in [1.82, 2.24) is 10.6 Å². The van der Waals surface area contributed by atoms with E-state index in [1.165, 1.54) is 7.11 Å².